The Morgan fingerprint density at radius 1 is 0.254 bits per heavy atom. The molecule has 0 amide bonds. The van der Waals surface area contributed by atoms with Crippen LogP contribution in [0.4, 0.5) is 0 Å². The van der Waals surface area contributed by atoms with Crippen molar-refractivity contribution in [2.75, 3.05) is 0 Å². The second kappa shape index (κ2) is 14.5. The van der Waals surface area contributed by atoms with Crippen LogP contribution in [0.5, 0.6) is 0 Å². The number of hydrogen-bond donors (Lipinski definition) is 0. The Bertz CT molecular complexity index is 4450. The maximum absolute atomic E-state index is 2.58. The van der Waals surface area contributed by atoms with Gasteiger partial charge >= 0.3 is 0 Å². The summed E-state index contributed by atoms with van der Waals surface area (Å²) in [5.74, 6) is 0. The smallest absolute Gasteiger partial charge is 0.0725 e. The van der Waals surface area contributed by atoms with Gasteiger partial charge in [-0.15, -0.1) is 15.1 Å². The summed E-state index contributed by atoms with van der Waals surface area (Å²) in [6.07, 6.45) is 0. The van der Waals surface area contributed by atoms with Crippen molar-refractivity contribution in [1.29, 1.82) is 0 Å². The van der Waals surface area contributed by atoms with Gasteiger partial charge in [-0.25, -0.2) is 0 Å². The SMILES string of the molecule is Cp1c2ccccc2c2cccc(-c3cccc4c(-c5cccc6c5-c5c(ccc7ccccc57)C65c6ccccc6-c6ccccc65)c5cccc(-c6cccc7c8ccccc8p(C)c67)c5cc34)c21. The van der Waals surface area contributed by atoms with Crippen molar-refractivity contribution >= 4 is 89.4 Å². The fourth-order valence-corrected chi connectivity index (χ4v) is 18.4. The molecule has 2 aliphatic rings. The second-order valence-corrected chi connectivity index (χ2v) is 24.0. The van der Waals surface area contributed by atoms with E-state index in [1.54, 1.807) is 0 Å². The minimum absolute atomic E-state index is 0.482. The Morgan fingerprint density at radius 3 is 1.25 bits per heavy atom. The largest absolute Gasteiger partial charge is 0.111 e. The van der Waals surface area contributed by atoms with Crippen LogP contribution in [0.3, 0.4) is 0 Å². The highest BCUT2D eigenvalue weighted by Crippen LogP contribution is 2.66. The lowest BCUT2D eigenvalue weighted by Gasteiger charge is -2.30. The lowest BCUT2D eigenvalue weighted by atomic mass is 9.70. The average molecular weight is 935 g/mol. The van der Waals surface area contributed by atoms with E-state index in [0.717, 1.165) is 0 Å². The third-order valence-corrected chi connectivity index (χ3v) is 21.3. The minimum Gasteiger partial charge on any atom is -0.111 e. The molecule has 0 saturated heterocycles. The Morgan fingerprint density at radius 2 is 0.662 bits per heavy atom. The van der Waals surface area contributed by atoms with Crippen LogP contribution in [0.15, 0.2) is 231 Å². The third kappa shape index (κ3) is 5.07. The molecule has 0 bridgehead atoms. The molecule has 2 unspecified atom stereocenters. The predicted octanol–water partition coefficient (Wildman–Crippen LogP) is 20.2. The van der Waals surface area contributed by atoms with Crippen LogP contribution < -0.4 is 0 Å². The molecular formula is C69H44P2. The summed E-state index contributed by atoms with van der Waals surface area (Å²) in [5.41, 5.74) is 18.2. The van der Waals surface area contributed by atoms with Gasteiger partial charge in [0, 0.05) is 20.5 Å². The molecule has 2 heteroatoms. The zero-order valence-corrected chi connectivity index (χ0v) is 41.1. The van der Waals surface area contributed by atoms with Gasteiger partial charge in [-0.05, 0) is 151 Å². The summed E-state index contributed by atoms with van der Waals surface area (Å²) >= 11 is 0. The first-order chi connectivity index (χ1) is 35.1. The van der Waals surface area contributed by atoms with Gasteiger partial charge in [0.25, 0.3) is 0 Å². The number of aryl methyl sites for hydroxylation is 2. The van der Waals surface area contributed by atoms with E-state index in [1.807, 2.05) is 0 Å². The number of hydrogen-bond acceptors (Lipinski definition) is 0. The van der Waals surface area contributed by atoms with Gasteiger partial charge in [-0.1, -0.05) is 224 Å². The van der Waals surface area contributed by atoms with Crippen molar-refractivity contribution in [2.24, 2.45) is 13.3 Å². The lowest BCUT2D eigenvalue weighted by molar-refractivity contribution is 0.794. The van der Waals surface area contributed by atoms with Crippen LogP contribution in [-0.4, -0.2) is 0 Å². The molecular weight excluding hydrogens is 891 g/mol. The molecule has 0 fully saturated rings. The van der Waals surface area contributed by atoms with Crippen molar-refractivity contribution in [3.05, 3.63) is 253 Å². The average Bonchev–Trinajstić information content (AvgIpc) is 4.12. The summed E-state index contributed by atoms with van der Waals surface area (Å²) in [4.78, 5) is 0. The summed E-state index contributed by atoms with van der Waals surface area (Å²) in [6, 6.07) is 88.8. The van der Waals surface area contributed by atoms with Gasteiger partial charge in [0.05, 0.1) is 5.41 Å². The molecule has 0 saturated carbocycles. The molecule has 2 heterocycles. The van der Waals surface area contributed by atoms with E-state index in [2.05, 4.69) is 244 Å². The quantitative estimate of drug-likeness (QED) is 0.155. The molecule has 2 aromatic heterocycles. The monoisotopic (exact) mass is 934 g/mol. The molecule has 2 atom stereocenters. The van der Waals surface area contributed by atoms with E-state index in [9.17, 15) is 0 Å². The van der Waals surface area contributed by atoms with Crippen LogP contribution >= 0.6 is 15.1 Å². The van der Waals surface area contributed by atoms with E-state index in [-0.39, 0.29) is 0 Å². The summed E-state index contributed by atoms with van der Waals surface area (Å²) in [6.45, 7) is 4.93. The van der Waals surface area contributed by atoms with Gasteiger partial charge in [0.2, 0.25) is 0 Å². The molecule has 71 heavy (non-hydrogen) atoms. The first-order valence-corrected chi connectivity index (χ1v) is 28.5. The standard InChI is InChI=1S/C69H44P2/c1-70-62-36-11-7-22-47(62)53-30-15-28-51(67(53)70)43-24-13-26-49-56(43)40-57-44(52-29-16-31-54-48-23-8-12-37-63(48)71(2)68(52)54)25-14-27-50(57)64(49)55-32-17-35-60-66(55)65-42-19-4-3-18-41(42)38-39-61(65)69(60)58-33-9-5-20-45(58)46-21-6-10-34-59(46)69/h3-40H,1-2H3. The zero-order chi connectivity index (χ0) is 46.7. The highest BCUT2D eigenvalue weighted by molar-refractivity contribution is 7.60. The normalized spacial score (nSPS) is 13.8. The lowest BCUT2D eigenvalue weighted by Crippen LogP contribution is -2.25. The highest BCUT2D eigenvalue weighted by atomic mass is 31.1. The van der Waals surface area contributed by atoms with E-state index in [0.29, 0.717) is 0 Å². The van der Waals surface area contributed by atoms with Crippen molar-refractivity contribution < 1.29 is 0 Å². The van der Waals surface area contributed by atoms with Crippen LogP contribution in [0.25, 0.3) is 130 Å². The van der Waals surface area contributed by atoms with Crippen LogP contribution in [-0.2, 0) is 18.7 Å². The first kappa shape index (κ1) is 39.8. The Hall–Kier alpha value is -7.98. The van der Waals surface area contributed by atoms with Gasteiger partial charge in [-0.2, -0.15) is 0 Å². The molecule has 330 valence electrons. The molecule has 14 aromatic rings. The summed E-state index contributed by atoms with van der Waals surface area (Å²) in [5, 5.41) is 19.2. The fraction of sp³-hybridized carbons (Fsp3) is 0.0435. The fourth-order valence-electron chi connectivity index (χ4n) is 14.0. The van der Waals surface area contributed by atoms with Crippen molar-refractivity contribution in [2.45, 2.75) is 5.41 Å². The maximum atomic E-state index is 2.58. The number of rotatable bonds is 3. The minimum atomic E-state index is -0.555. The molecule has 0 nitrogen and oxygen atoms in total. The highest BCUT2D eigenvalue weighted by Gasteiger charge is 2.52. The molecule has 0 radical (unpaired) electrons. The Kier molecular flexibility index (Phi) is 8.16. The predicted molar refractivity (Wildman–Crippen MR) is 309 cm³/mol. The Balaban J connectivity index is 1.09. The van der Waals surface area contributed by atoms with Crippen LogP contribution in [0.2, 0.25) is 0 Å². The van der Waals surface area contributed by atoms with E-state index >= 15 is 0 Å². The maximum Gasteiger partial charge on any atom is 0.0725 e. The molecule has 16 rings (SSSR count). The number of fused-ring (bicyclic) bond motifs is 20. The molecule has 2 aliphatic carbocycles. The summed E-state index contributed by atoms with van der Waals surface area (Å²) in [7, 11) is -1.11. The number of benzene rings is 12. The molecule has 0 N–H and O–H groups in total. The first-order valence-electron chi connectivity index (χ1n) is 24.9. The van der Waals surface area contributed by atoms with Gasteiger partial charge < -0.3 is 0 Å². The van der Waals surface area contributed by atoms with E-state index < -0.39 is 20.5 Å². The molecule has 0 aliphatic heterocycles. The molecule has 1 spiro atoms. The van der Waals surface area contributed by atoms with E-state index in [4.69, 9.17) is 0 Å². The molecule has 12 aromatic carbocycles. The third-order valence-electron chi connectivity index (χ3n) is 16.7. The van der Waals surface area contributed by atoms with Crippen LogP contribution in [0.1, 0.15) is 22.3 Å². The van der Waals surface area contributed by atoms with Gasteiger partial charge in [-0.3, -0.25) is 0 Å². The zero-order valence-electron chi connectivity index (χ0n) is 39.3. The van der Waals surface area contributed by atoms with Crippen molar-refractivity contribution in [3.8, 4) is 55.6 Å². The van der Waals surface area contributed by atoms with Crippen molar-refractivity contribution in [1.82, 2.24) is 0 Å². The van der Waals surface area contributed by atoms with Crippen LogP contribution in [0, 0.1) is 0 Å². The summed E-state index contributed by atoms with van der Waals surface area (Å²) < 4.78 is 0. The topological polar surface area (TPSA) is 0 Å². The Labute approximate surface area is 414 Å². The second-order valence-electron chi connectivity index (χ2n) is 19.9. The van der Waals surface area contributed by atoms with Gasteiger partial charge in [0.1, 0.15) is 0 Å². The van der Waals surface area contributed by atoms with E-state index in [1.165, 1.54) is 152 Å². The van der Waals surface area contributed by atoms with Gasteiger partial charge in [0.15, 0.2) is 0 Å². The van der Waals surface area contributed by atoms with Crippen molar-refractivity contribution in [3.63, 3.8) is 0 Å².